The first-order valence-corrected chi connectivity index (χ1v) is 18.4. The van der Waals surface area contributed by atoms with Crippen LogP contribution in [0.25, 0.3) is 0 Å². The van der Waals surface area contributed by atoms with E-state index in [1.54, 1.807) is 51.1 Å². The molecule has 1 aliphatic heterocycles. The molecular formula is C34H39Cl2N3O13S. The van der Waals surface area contributed by atoms with Crippen molar-refractivity contribution in [2.24, 2.45) is 5.14 Å². The Balaban J connectivity index is 1.18. The van der Waals surface area contributed by atoms with Gasteiger partial charge in [0.2, 0.25) is 22.6 Å². The van der Waals surface area contributed by atoms with E-state index in [4.69, 9.17) is 56.4 Å². The van der Waals surface area contributed by atoms with Gasteiger partial charge in [-0.25, -0.2) is 23.1 Å². The molecule has 0 saturated carbocycles. The van der Waals surface area contributed by atoms with Gasteiger partial charge in [0.1, 0.15) is 17.1 Å². The van der Waals surface area contributed by atoms with Gasteiger partial charge in [0.15, 0.2) is 0 Å². The predicted molar refractivity (Wildman–Crippen MR) is 188 cm³/mol. The molecule has 0 spiro atoms. The molecule has 1 amide bonds. The van der Waals surface area contributed by atoms with Crippen molar-refractivity contribution >= 4 is 62.9 Å². The lowest BCUT2D eigenvalue weighted by Crippen LogP contribution is -2.66. The highest BCUT2D eigenvalue weighted by Crippen LogP contribution is 2.40. The van der Waals surface area contributed by atoms with Gasteiger partial charge in [-0.15, -0.1) is 0 Å². The van der Waals surface area contributed by atoms with Gasteiger partial charge in [-0.05, 0) is 70.0 Å². The van der Waals surface area contributed by atoms with E-state index in [1.807, 2.05) is 0 Å². The Bertz CT molecular complexity index is 1910. The molecule has 3 aromatic rings. The first kappa shape index (κ1) is 41.4. The summed E-state index contributed by atoms with van der Waals surface area (Å²) in [4.78, 5) is 51.1. The average Bonchev–Trinajstić information content (AvgIpc) is 3.60. The molecule has 4 rings (SSSR count). The van der Waals surface area contributed by atoms with E-state index in [0.29, 0.717) is 16.3 Å². The summed E-state index contributed by atoms with van der Waals surface area (Å²) in [7, 11) is -4.26. The Labute approximate surface area is 315 Å². The second-order valence-electron chi connectivity index (χ2n) is 12.4. The molecule has 1 aliphatic rings. The van der Waals surface area contributed by atoms with Crippen LogP contribution in [0.4, 0.5) is 10.5 Å². The number of carbonyl (C=O) groups excluding carboxylic acids is 4. The van der Waals surface area contributed by atoms with Crippen molar-refractivity contribution in [3.8, 4) is 0 Å². The van der Waals surface area contributed by atoms with Crippen LogP contribution >= 0.6 is 23.2 Å². The number of nitrogens with two attached hydrogens (primary N) is 1. The zero-order valence-corrected chi connectivity index (χ0v) is 31.3. The normalized spacial score (nSPS) is 18.2. The molecule has 16 nitrogen and oxygen atoms in total. The van der Waals surface area contributed by atoms with E-state index in [-0.39, 0.29) is 55.5 Å². The van der Waals surface area contributed by atoms with E-state index in [2.05, 4.69) is 5.32 Å². The van der Waals surface area contributed by atoms with Crippen molar-refractivity contribution in [2.75, 3.05) is 31.9 Å². The van der Waals surface area contributed by atoms with E-state index >= 15 is 0 Å². The van der Waals surface area contributed by atoms with Crippen molar-refractivity contribution in [3.05, 3.63) is 81.7 Å². The molecule has 2 aromatic carbocycles. The van der Waals surface area contributed by atoms with E-state index in [0.717, 1.165) is 6.07 Å². The van der Waals surface area contributed by atoms with Gasteiger partial charge in [0.05, 0.1) is 60.5 Å². The van der Waals surface area contributed by atoms with Crippen molar-refractivity contribution in [1.82, 2.24) is 4.90 Å². The van der Waals surface area contributed by atoms with Gasteiger partial charge in [-0.3, -0.25) is 14.5 Å². The maximum absolute atomic E-state index is 13.1. The monoisotopic (exact) mass is 799 g/mol. The molecule has 2 heterocycles. The zero-order valence-electron chi connectivity index (χ0n) is 29.0. The first-order valence-electron chi connectivity index (χ1n) is 16.1. The fourth-order valence-corrected chi connectivity index (χ4v) is 6.66. The summed E-state index contributed by atoms with van der Waals surface area (Å²) in [6, 6.07) is 11.1. The number of morpholine rings is 1. The van der Waals surface area contributed by atoms with Crippen LogP contribution in [0.5, 0.6) is 0 Å². The molecule has 1 aromatic heterocycles. The first-order chi connectivity index (χ1) is 24.9. The lowest BCUT2D eigenvalue weighted by Gasteiger charge is -2.52. The summed E-state index contributed by atoms with van der Waals surface area (Å²) in [6.07, 6.45) is 0.286. The number of benzene rings is 2. The summed E-state index contributed by atoms with van der Waals surface area (Å²) in [5, 5.41) is 19.7. The van der Waals surface area contributed by atoms with Gasteiger partial charge in [0.25, 0.3) is 0 Å². The number of sulfonamides is 1. The van der Waals surface area contributed by atoms with Gasteiger partial charge in [0, 0.05) is 10.6 Å². The molecule has 0 unspecified atom stereocenters. The number of nitrogens with one attached hydrogen (secondary N) is 1. The predicted octanol–water partition coefficient (Wildman–Crippen LogP) is 4.70. The number of primary sulfonamides is 1. The summed E-state index contributed by atoms with van der Waals surface area (Å²) in [6.45, 7) is 4.04. The number of halogens is 2. The maximum Gasteiger partial charge on any atom is 0.413 e. The molecule has 0 bridgehead atoms. The van der Waals surface area contributed by atoms with Gasteiger partial charge in [-0.2, -0.15) is 0 Å². The third-order valence-electron chi connectivity index (χ3n) is 8.04. The fraction of sp³-hybridized carbons (Fsp3) is 0.412. The van der Waals surface area contributed by atoms with Crippen LogP contribution in [-0.2, 0) is 55.6 Å². The number of nitrogens with zero attached hydrogens (tertiary/aromatic N) is 1. The van der Waals surface area contributed by atoms with Crippen molar-refractivity contribution < 1.29 is 60.8 Å². The van der Waals surface area contributed by atoms with Crippen LogP contribution < -0.4 is 10.5 Å². The molecule has 19 heteroatoms. The zero-order chi connectivity index (χ0) is 39.0. The number of aliphatic hydroxyl groups is 1. The highest BCUT2D eigenvalue weighted by Gasteiger charge is 2.53. The van der Waals surface area contributed by atoms with Crippen LogP contribution in [0.2, 0.25) is 10.0 Å². The second kappa shape index (κ2) is 17.6. The van der Waals surface area contributed by atoms with Crippen LogP contribution in [0.15, 0.2) is 64.1 Å². The summed E-state index contributed by atoms with van der Waals surface area (Å²) in [5.41, 5.74) is -0.538. The number of anilines is 1. The third kappa shape index (κ3) is 10.8. The lowest BCUT2D eigenvalue weighted by atomic mass is 9.90. The molecule has 288 valence electrons. The van der Waals surface area contributed by atoms with Gasteiger partial charge < -0.3 is 38.5 Å². The Morgan fingerprint density at radius 1 is 1.00 bits per heavy atom. The lowest BCUT2D eigenvalue weighted by molar-refractivity contribution is -0.295. The van der Waals surface area contributed by atoms with E-state index < -0.39 is 69.5 Å². The number of ether oxygens (including phenoxy) is 5. The minimum Gasteiger partial charge on any atom is -0.467 e. The number of hydrogen-bond donors (Lipinski definition) is 3. The van der Waals surface area contributed by atoms with Crippen molar-refractivity contribution in [3.63, 3.8) is 0 Å². The highest BCUT2D eigenvalue weighted by molar-refractivity contribution is 7.89. The average molecular weight is 801 g/mol. The second-order valence-corrected chi connectivity index (χ2v) is 14.8. The summed E-state index contributed by atoms with van der Waals surface area (Å²) < 4.78 is 55.3. The molecule has 1 fully saturated rings. The molecule has 0 aliphatic carbocycles. The molecule has 53 heavy (non-hydrogen) atoms. The van der Waals surface area contributed by atoms with E-state index in [1.165, 1.54) is 23.3 Å². The molecule has 4 N–H and O–H groups in total. The van der Waals surface area contributed by atoms with Gasteiger partial charge in [-0.1, -0.05) is 35.3 Å². The van der Waals surface area contributed by atoms with E-state index in [9.17, 15) is 32.7 Å². The summed E-state index contributed by atoms with van der Waals surface area (Å²) in [5.74, 6) is -4.15. The van der Waals surface area contributed by atoms with Crippen LogP contribution in [-0.4, -0.2) is 80.6 Å². The number of rotatable bonds is 15. The standard InChI is InChI=1S/C34H39Cl2N3O13S/c1-21-34(44,22-8-6-9-23(35)14-22)52-19-33(2,3)39(21)32(43)51-20-50-30(41)17-29(40)48-11-4-5-12-49-31(42)25-15-28(53(37,45)46)26(36)16-27(25)38-18-24-10-7-13-47-24/h6-10,13-16,21,38,44H,4-5,11-12,17-20H2,1-3H3,(H2,37,45,46)/t21-,34+/m0/s1. The van der Waals surface area contributed by atoms with Crippen molar-refractivity contribution in [1.29, 1.82) is 0 Å². The fourth-order valence-electron chi connectivity index (χ4n) is 5.37. The van der Waals surface area contributed by atoms with Crippen LogP contribution in [0.1, 0.15) is 61.7 Å². The number of carbonyl (C=O) groups is 4. The van der Waals surface area contributed by atoms with Gasteiger partial charge >= 0.3 is 24.0 Å². The Hall–Kier alpha value is -4.39. The maximum atomic E-state index is 13.1. The largest absolute Gasteiger partial charge is 0.467 e. The van der Waals surface area contributed by atoms with Crippen molar-refractivity contribution in [2.45, 2.75) is 68.8 Å². The Kier molecular flexibility index (Phi) is 13.8. The van der Waals surface area contributed by atoms with Crippen LogP contribution in [0.3, 0.4) is 0 Å². The number of amides is 1. The number of unbranched alkanes of at least 4 members (excludes halogenated alkanes) is 1. The molecule has 0 radical (unpaired) electrons. The number of hydrogen-bond acceptors (Lipinski definition) is 14. The minimum atomic E-state index is -4.26. The Morgan fingerprint density at radius 2 is 1.70 bits per heavy atom. The minimum absolute atomic E-state index is 0.0561. The third-order valence-corrected chi connectivity index (χ3v) is 9.65. The van der Waals surface area contributed by atoms with Crippen LogP contribution in [0, 0.1) is 0 Å². The smallest absolute Gasteiger partial charge is 0.413 e. The number of esters is 3. The quantitative estimate of drug-likeness (QED) is 0.0624. The topological polar surface area (TPSA) is 223 Å². The SMILES string of the molecule is C[C@@H]1N(C(=O)OCOC(=O)CC(=O)OCCCCOC(=O)c2cc(S(N)(=O)=O)c(Cl)cc2NCc2ccco2)C(C)(C)CO[C@@]1(O)c1cccc(Cl)c1. The Morgan fingerprint density at radius 3 is 2.36 bits per heavy atom. The number of furan rings is 1. The molecule has 1 saturated heterocycles. The highest BCUT2D eigenvalue weighted by atomic mass is 35.5. The molecule has 2 atom stereocenters. The summed E-state index contributed by atoms with van der Waals surface area (Å²) >= 11 is 12.2. The molecular weight excluding hydrogens is 761 g/mol.